The van der Waals surface area contributed by atoms with Crippen LogP contribution in [0.5, 0.6) is 0 Å². The fourth-order valence-corrected chi connectivity index (χ4v) is 4.82. The number of carbonyl (C=O) groups is 4. The summed E-state index contributed by atoms with van der Waals surface area (Å²) in [5.41, 5.74) is 0.958. The number of aliphatic hydroxyl groups excluding tert-OH is 1. The Bertz CT molecular complexity index is 1140. The quantitative estimate of drug-likeness (QED) is 0.302. The van der Waals surface area contributed by atoms with Crippen LogP contribution >= 0.6 is 0 Å². The summed E-state index contributed by atoms with van der Waals surface area (Å²) >= 11 is 0. The first kappa shape index (κ1) is 30.0. The van der Waals surface area contributed by atoms with E-state index in [9.17, 15) is 24.3 Å². The lowest BCUT2D eigenvalue weighted by Crippen LogP contribution is -2.48. The topological polar surface area (TPSA) is 145 Å². The second-order valence-corrected chi connectivity index (χ2v) is 10.4. The molecule has 1 fully saturated rings. The highest BCUT2D eigenvalue weighted by molar-refractivity contribution is 5.89. The molecule has 39 heavy (non-hydrogen) atoms. The smallest absolute Gasteiger partial charge is 0.334 e. The Morgan fingerprint density at radius 2 is 1.72 bits per heavy atom. The number of carboxylic acids is 1. The Labute approximate surface area is 228 Å². The van der Waals surface area contributed by atoms with E-state index in [2.05, 4.69) is 10.6 Å². The summed E-state index contributed by atoms with van der Waals surface area (Å²) in [6.07, 6.45) is -1.13. The van der Waals surface area contributed by atoms with Crippen molar-refractivity contribution in [3.05, 3.63) is 48.0 Å². The van der Waals surface area contributed by atoms with Crippen LogP contribution in [0.2, 0.25) is 0 Å². The van der Waals surface area contributed by atoms with Crippen LogP contribution in [-0.4, -0.2) is 83.8 Å². The number of hydrogen-bond donors (Lipinski definition) is 4. The zero-order valence-electron chi connectivity index (χ0n) is 22.6. The molecule has 1 saturated heterocycles. The first-order chi connectivity index (χ1) is 18.7. The van der Waals surface area contributed by atoms with Crippen LogP contribution in [-0.2, 0) is 30.3 Å². The molecular weight excluding hydrogens is 502 g/mol. The molecule has 1 aliphatic rings. The van der Waals surface area contributed by atoms with Crippen LogP contribution in [0.15, 0.2) is 42.5 Å². The molecule has 3 atom stereocenters. The Morgan fingerprint density at radius 1 is 1.03 bits per heavy atom. The van der Waals surface area contributed by atoms with E-state index in [1.807, 2.05) is 56.3 Å². The number of aliphatic carboxylic acids is 1. The molecule has 10 nitrogen and oxygen atoms in total. The molecule has 0 aliphatic carbocycles. The summed E-state index contributed by atoms with van der Waals surface area (Å²) in [5.74, 6) is -2.91. The SMILES string of the molecule is CC(C)CC(NC(=O)CCNC(=O)C(CC(=O)N1CCOCC1)Cc1cccc2ccccc12)C(O)C(=O)O. The number of carboxylic acid groups (broad SMARTS) is 1. The minimum atomic E-state index is -1.72. The molecule has 0 aromatic heterocycles. The van der Waals surface area contributed by atoms with Crippen LogP contribution in [0.1, 0.15) is 38.7 Å². The third kappa shape index (κ3) is 9.04. The Kier molecular flexibility index (Phi) is 11.2. The number of hydrogen-bond acceptors (Lipinski definition) is 6. The molecule has 3 unspecified atom stereocenters. The number of aliphatic hydroxyl groups is 1. The molecule has 4 N–H and O–H groups in total. The summed E-state index contributed by atoms with van der Waals surface area (Å²) in [7, 11) is 0. The van der Waals surface area contributed by atoms with E-state index in [-0.39, 0.29) is 37.1 Å². The van der Waals surface area contributed by atoms with Crippen molar-refractivity contribution < 1.29 is 34.1 Å². The van der Waals surface area contributed by atoms with E-state index in [1.54, 1.807) is 4.90 Å². The van der Waals surface area contributed by atoms with E-state index >= 15 is 0 Å². The average molecular weight is 542 g/mol. The predicted molar refractivity (Wildman–Crippen MR) is 146 cm³/mol. The summed E-state index contributed by atoms with van der Waals surface area (Å²) in [6, 6.07) is 12.8. The molecule has 0 spiro atoms. The van der Waals surface area contributed by atoms with Crippen molar-refractivity contribution in [3.63, 3.8) is 0 Å². The average Bonchev–Trinajstić information content (AvgIpc) is 2.92. The maximum absolute atomic E-state index is 13.3. The van der Waals surface area contributed by atoms with Gasteiger partial charge in [0.15, 0.2) is 6.10 Å². The van der Waals surface area contributed by atoms with Gasteiger partial charge in [-0.1, -0.05) is 56.3 Å². The Balaban J connectivity index is 1.65. The summed E-state index contributed by atoms with van der Waals surface area (Å²) in [6.45, 7) is 5.65. The lowest BCUT2D eigenvalue weighted by Gasteiger charge is -2.28. The van der Waals surface area contributed by atoms with E-state index in [1.165, 1.54) is 0 Å². The summed E-state index contributed by atoms with van der Waals surface area (Å²) < 4.78 is 5.34. The molecule has 0 saturated carbocycles. The van der Waals surface area contributed by atoms with Crippen molar-refractivity contribution in [1.82, 2.24) is 15.5 Å². The number of fused-ring (bicyclic) bond motifs is 1. The molecule has 3 rings (SSSR count). The third-order valence-corrected chi connectivity index (χ3v) is 6.86. The molecule has 1 heterocycles. The van der Waals surface area contributed by atoms with E-state index in [4.69, 9.17) is 9.84 Å². The van der Waals surface area contributed by atoms with Gasteiger partial charge in [-0.2, -0.15) is 0 Å². The van der Waals surface area contributed by atoms with Crippen molar-refractivity contribution in [1.29, 1.82) is 0 Å². The monoisotopic (exact) mass is 541 g/mol. The van der Waals surface area contributed by atoms with Gasteiger partial charge < -0.3 is 30.5 Å². The molecular formula is C29H39N3O7. The second kappa shape index (κ2) is 14.6. The standard InChI is InChI=1S/C29H39N3O7/c1-19(2)16-24(27(35)29(37)38)31-25(33)10-11-30-28(36)22(18-26(34)32-12-14-39-15-13-32)17-21-8-5-7-20-6-3-4-9-23(20)21/h3-9,19,22,24,27,35H,10-18H2,1-2H3,(H,30,36)(H,31,33)(H,37,38). The molecule has 2 aromatic carbocycles. The van der Waals surface area contributed by atoms with Crippen molar-refractivity contribution >= 4 is 34.5 Å². The van der Waals surface area contributed by atoms with Gasteiger partial charge in [-0.3, -0.25) is 14.4 Å². The van der Waals surface area contributed by atoms with E-state index < -0.39 is 29.9 Å². The second-order valence-electron chi connectivity index (χ2n) is 10.4. The van der Waals surface area contributed by atoms with Gasteiger partial charge in [-0.25, -0.2) is 4.79 Å². The number of carbonyl (C=O) groups excluding carboxylic acids is 3. The maximum atomic E-state index is 13.3. The highest BCUT2D eigenvalue weighted by atomic mass is 16.5. The first-order valence-corrected chi connectivity index (χ1v) is 13.5. The van der Waals surface area contributed by atoms with Crippen LogP contribution in [0.3, 0.4) is 0 Å². The molecule has 2 aromatic rings. The molecule has 0 radical (unpaired) electrons. The number of morpholine rings is 1. The van der Waals surface area contributed by atoms with Gasteiger partial charge in [0.05, 0.1) is 25.2 Å². The zero-order valence-corrected chi connectivity index (χ0v) is 22.6. The van der Waals surface area contributed by atoms with E-state index in [0.717, 1.165) is 16.3 Å². The van der Waals surface area contributed by atoms with Crippen molar-refractivity contribution in [2.75, 3.05) is 32.8 Å². The minimum Gasteiger partial charge on any atom is -0.479 e. The van der Waals surface area contributed by atoms with Gasteiger partial charge in [0.2, 0.25) is 17.7 Å². The van der Waals surface area contributed by atoms with Crippen molar-refractivity contribution in [3.8, 4) is 0 Å². The number of benzene rings is 2. The van der Waals surface area contributed by atoms with Crippen molar-refractivity contribution in [2.24, 2.45) is 11.8 Å². The van der Waals surface area contributed by atoms with Gasteiger partial charge in [0.25, 0.3) is 0 Å². The highest BCUT2D eigenvalue weighted by Crippen LogP contribution is 2.23. The molecule has 3 amide bonds. The summed E-state index contributed by atoms with van der Waals surface area (Å²) in [5, 5.41) is 26.5. The maximum Gasteiger partial charge on any atom is 0.334 e. The Morgan fingerprint density at radius 3 is 2.41 bits per heavy atom. The fraction of sp³-hybridized carbons (Fsp3) is 0.517. The largest absolute Gasteiger partial charge is 0.479 e. The number of ether oxygens (including phenoxy) is 1. The van der Waals surface area contributed by atoms with Gasteiger partial charge in [0.1, 0.15) is 0 Å². The van der Waals surface area contributed by atoms with Crippen LogP contribution < -0.4 is 10.6 Å². The number of nitrogens with one attached hydrogen (secondary N) is 2. The molecule has 1 aliphatic heterocycles. The van der Waals surface area contributed by atoms with Gasteiger partial charge >= 0.3 is 5.97 Å². The lowest BCUT2D eigenvalue weighted by molar-refractivity contribution is -0.148. The number of rotatable bonds is 13. The highest BCUT2D eigenvalue weighted by Gasteiger charge is 2.29. The van der Waals surface area contributed by atoms with Crippen LogP contribution in [0.4, 0.5) is 0 Å². The predicted octanol–water partition coefficient (Wildman–Crippen LogP) is 1.73. The number of nitrogens with zero attached hydrogens (tertiary/aromatic N) is 1. The fourth-order valence-electron chi connectivity index (χ4n) is 4.82. The molecule has 212 valence electrons. The summed E-state index contributed by atoms with van der Waals surface area (Å²) in [4.78, 5) is 51.8. The van der Waals surface area contributed by atoms with Gasteiger partial charge in [-0.05, 0) is 35.1 Å². The first-order valence-electron chi connectivity index (χ1n) is 13.5. The Hall–Kier alpha value is -3.50. The lowest BCUT2D eigenvalue weighted by atomic mass is 9.91. The third-order valence-electron chi connectivity index (χ3n) is 6.86. The van der Waals surface area contributed by atoms with Gasteiger partial charge in [0, 0.05) is 32.5 Å². The van der Waals surface area contributed by atoms with E-state index in [0.29, 0.717) is 39.1 Å². The molecule has 10 heteroatoms. The minimum absolute atomic E-state index is 0.0139. The van der Waals surface area contributed by atoms with Gasteiger partial charge in [-0.15, -0.1) is 0 Å². The van der Waals surface area contributed by atoms with Crippen LogP contribution in [0, 0.1) is 11.8 Å². The number of amides is 3. The van der Waals surface area contributed by atoms with Crippen LogP contribution in [0.25, 0.3) is 10.8 Å². The van der Waals surface area contributed by atoms with Crippen molar-refractivity contribution in [2.45, 2.75) is 51.7 Å². The molecule has 0 bridgehead atoms. The zero-order chi connectivity index (χ0) is 28.4. The normalized spacial score (nSPS) is 15.9.